The maximum absolute atomic E-state index is 10.7. The number of nitrogens with zero attached hydrogens (tertiary/aromatic N) is 1. The van der Waals surface area contributed by atoms with Gasteiger partial charge in [0, 0.05) is 0 Å². The van der Waals surface area contributed by atoms with E-state index < -0.39 is 5.97 Å². The second kappa shape index (κ2) is 3.33. The third-order valence-electron chi connectivity index (χ3n) is 3.03. The number of carboxylic acid groups (broad SMARTS) is 1. The summed E-state index contributed by atoms with van der Waals surface area (Å²) in [6.45, 7) is 0. The number of aryl methyl sites for hydroxylation is 2. The van der Waals surface area contributed by atoms with Crippen LogP contribution >= 0.6 is 0 Å². The number of hydrogen-bond acceptors (Lipinski definition) is 3. The van der Waals surface area contributed by atoms with Crippen molar-refractivity contribution >= 4 is 17.1 Å². The first-order valence-electron chi connectivity index (χ1n) is 5.40. The van der Waals surface area contributed by atoms with Crippen LogP contribution in [0.1, 0.15) is 34.7 Å². The van der Waals surface area contributed by atoms with E-state index >= 15 is 0 Å². The van der Waals surface area contributed by atoms with E-state index in [2.05, 4.69) is 4.98 Å². The highest BCUT2D eigenvalue weighted by Crippen LogP contribution is 2.26. The van der Waals surface area contributed by atoms with Gasteiger partial charge in [-0.2, -0.15) is 0 Å². The number of oxazole rings is 1. The monoisotopic (exact) mass is 217 g/mol. The van der Waals surface area contributed by atoms with E-state index in [-0.39, 0.29) is 5.89 Å². The Morgan fingerprint density at radius 2 is 1.94 bits per heavy atom. The van der Waals surface area contributed by atoms with Crippen LogP contribution in [-0.4, -0.2) is 16.1 Å². The molecule has 0 atom stereocenters. The molecule has 1 aromatic heterocycles. The maximum Gasteiger partial charge on any atom is 0.392 e. The topological polar surface area (TPSA) is 63.3 Å². The summed E-state index contributed by atoms with van der Waals surface area (Å²) in [6.07, 6.45) is 4.50. The highest BCUT2D eigenvalue weighted by Gasteiger charge is 2.16. The first-order chi connectivity index (χ1) is 7.74. The summed E-state index contributed by atoms with van der Waals surface area (Å²) in [5, 5.41) is 8.79. The molecule has 0 spiro atoms. The number of rotatable bonds is 1. The molecule has 1 N–H and O–H groups in total. The fourth-order valence-electron chi connectivity index (χ4n) is 2.25. The van der Waals surface area contributed by atoms with Crippen molar-refractivity contribution in [1.29, 1.82) is 0 Å². The minimum Gasteiger partial charge on any atom is -0.474 e. The van der Waals surface area contributed by atoms with Crippen molar-refractivity contribution in [3.63, 3.8) is 0 Å². The smallest absolute Gasteiger partial charge is 0.392 e. The lowest BCUT2D eigenvalue weighted by atomic mass is 9.91. The predicted octanol–water partition coefficient (Wildman–Crippen LogP) is 2.40. The molecule has 1 aromatic carbocycles. The molecule has 0 radical (unpaired) electrons. The van der Waals surface area contributed by atoms with Crippen molar-refractivity contribution in [2.24, 2.45) is 0 Å². The van der Waals surface area contributed by atoms with E-state index in [1.165, 1.54) is 24.0 Å². The summed E-state index contributed by atoms with van der Waals surface area (Å²) in [5.74, 6) is -1.34. The summed E-state index contributed by atoms with van der Waals surface area (Å²) >= 11 is 0. The normalized spacial score (nSPS) is 15.0. The van der Waals surface area contributed by atoms with Gasteiger partial charge in [0.2, 0.25) is 0 Å². The molecule has 0 saturated heterocycles. The molecule has 0 amide bonds. The van der Waals surface area contributed by atoms with Gasteiger partial charge in [0.1, 0.15) is 5.52 Å². The molecular weight excluding hydrogens is 206 g/mol. The van der Waals surface area contributed by atoms with Crippen LogP contribution in [0.5, 0.6) is 0 Å². The summed E-state index contributed by atoms with van der Waals surface area (Å²) in [6, 6.07) is 3.89. The molecular formula is C12H11NO3. The van der Waals surface area contributed by atoms with Gasteiger partial charge in [0.15, 0.2) is 5.58 Å². The molecule has 82 valence electrons. The van der Waals surface area contributed by atoms with Crippen molar-refractivity contribution in [3.05, 3.63) is 29.2 Å². The molecule has 0 saturated carbocycles. The van der Waals surface area contributed by atoms with Gasteiger partial charge in [-0.3, -0.25) is 0 Å². The van der Waals surface area contributed by atoms with E-state index in [4.69, 9.17) is 9.52 Å². The minimum atomic E-state index is -1.12. The van der Waals surface area contributed by atoms with Gasteiger partial charge in [-0.15, -0.1) is 0 Å². The zero-order chi connectivity index (χ0) is 11.1. The van der Waals surface area contributed by atoms with Crippen molar-refractivity contribution in [2.45, 2.75) is 25.7 Å². The first kappa shape index (κ1) is 9.39. The highest BCUT2D eigenvalue weighted by molar-refractivity contribution is 5.87. The fourth-order valence-corrected chi connectivity index (χ4v) is 2.25. The van der Waals surface area contributed by atoms with Gasteiger partial charge >= 0.3 is 11.9 Å². The summed E-state index contributed by atoms with van der Waals surface area (Å²) < 4.78 is 5.18. The Hall–Kier alpha value is -1.84. The third kappa shape index (κ3) is 1.38. The molecule has 0 aliphatic heterocycles. The molecule has 1 aliphatic rings. The number of carbonyl (C=O) groups is 1. The zero-order valence-electron chi connectivity index (χ0n) is 8.69. The Morgan fingerprint density at radius 3 is 2.62 bits per heavy atom. The lowest BCUT2D eigenvalue weighted by molar-refractivity contribution is 0.0656. The number of fused-ring (bicyclic) bond motifs is 2. The van der Waals surface area contributed by atoms with Crippen LogP contribution in [0.15, 0.2) is 16.5 Å². The van der Waals surface area contributed by atoms with Crippen LogP contribution in [0.3, 0.4) is 0 Å². The molecule has 1 aliphatic carbocycles. The largest absolute Gasteiger partial charge is 0.474 e. The Balaban J connectivity index is 2.20. The van der Waals surface area contributed by atoms with Gasteiger partial charge in [-0.1, -0.05) is 0 Å². The van der Waals surface area contributed by atoms with E-state index in [1.54, 1.807) is 0 Å². The average molecular weight is 217 g/mol. The molecule has 4 heteroatoms. The van der Waals surface area contributed by atoms with Crippen LogP contribution in [0, 0.1) is 0 Å². The Morgan fingerprint density at radius 1 is 1.25 bits per heavy atom. The first-order valence-corrected chi connectivity index (χ1v) is 5.40. The third-order valence-corrected chi connectivity index (χ3v) is 3.03. The molecule has 4 nitrogen and oxygen atoms in total. The van der Waals surface area contributed by atoms with Crippen molar-refractivity contribution in [2.75, 3.05) is 0 Å². The number of aromatic nitrogens is 1. The number of benzene rings is 1. The Labute approximate surface area is 91.9 Å². The molecule has 1 heterocycles. The molecule has 0 bridgehead atoms. The van der Waals surface area contributed by atoms with Gasteiger partial charge in [-0.05, 0) is 48.9 Å². The van der Waals surface area contributed by atoms with Crippen LogP contribution < -0.4 is 0 Å². The quantitative estimate of drug-likeness (QED) is 0.796. The Bertz CT molecular complexity index is 528. The van der Waals surface area contributed by atoms with Gasteiger partial charge in [-0.25, -0.2) is 9.78 Å². The van der Waals surface area contributed by atoms with Gasteiger partial charge in [0.25, 0.3) is 0 Å². The van der Waals surface area contributed by atoms with Gasteiger partial charge < -0.3 is 9.52 Å². The van der Waals surface area contributed by atoms with Crippen molar-refractivity contribution < 1.29 is 14.3 Å². The molecule has 0 unspecified atom stereocenters. The molecule has 16 heavy (non-hydrogen) atoms. The van der Waals surface area contributed by atoms with Crippen molar-refractivity contribution in [1.82, 2.24) is 4.98 Å². The van der Waals surface area contributed by atoms with E-state index in [0.29, 0.717) is 11.1 Å². The summed E-state index contributed by atoms with van der Waals surface area (Å²) in [7, 11) is 0. The minimum absolute atomic E-state index is 0.225. The van der Waals surface area contributed by atoms with E-state index in [0.717, 1.165) is 12.8 Å². The number of carboxylic acids is 1. The van der Waals surface area contributed by atoms with Crippen LogP contribution in [-0.2, 0) is 12.8 Å². The van der Waals surface area contributed by atoms with Crippen LogP contribution in [0.2, 0.25) is 0 Å². The standard InChI is InChI=1S/C12H11NO3/c14-12(15)11-13-9-5-7-3-1-2-4-8(7)6-10(9)16-11/h5-6H,1-4H2,(H,14,15). The molecule has 0 fully saturated rings. The van der Waals surface area contributed by atoms with Crippen molar-refractivity contribution in [3.8, 4) is 0 Å². The number of aromatic carboxylic acids is 1. The lowest BCUT2D eigenvalue weighted by Gasteiger charge is -2.14. The average Bonchev–Trinajstić information content (AvgIpc) is 2.68. The SMILES string of the molecule is O=C(O)c1nc2cc3c(cc2o1)CCCC3. The summed E-state index contributed by atoms with van der Waals surface area (Å²) in [5.41, 5.74) is 3.78. The predicted molar refractivity (Wildman–Crippen MR) is 57.6 cm³/mol. The lowest BCUT2D eigenvalue weighted by Crippen LogP contribution is -2.01. The second-order valence-electron chi connectivity index (χ2n) is 4.12. The molecule has 2 aromatic rings. The molecule has 3 rings (SSSR count). The van der Waals surface area contributed by atoms with Crippen LogP contribution in [0.4, 0.5) is 0 Å². The second-order valence-corrected chi connectivity index (χ2v) is 4.12. The van der Waals surface area contributed by atoms with Crippen LogP contribution in [0.25, 0.3) is 11.1 Å². The van der Waals surface area contributed by atoms with E-state index in [9.17, 15) is 4.79 Å². The Kier molecular flexibility index (Phi) is 1.96. The fraction of sp³-hybridized carbons (Fsp3) is 0.333. The maximum atomic E-state index is 10.7. The number of hydrogen-bond donors (Lipinski definition) is 1. The highest BCUT2D eigenvalue weighted by atomic mass is 16.4. The zero-order valence-corrected chi connectivity index (χ0v) is 8.69. The van der Waals surface area contributed by atoms with E-state index in [1.807, 2.05) is 12.1 Å². The summed E-state index contributed by atoms with van der Waals surface area (Å²) in [4.78, 5) is 14.7. The van der Waals surface area contributed by atoms with Gasteiger partial charge in [0.05, 0.1) is 0 Å².